The summed E-state index contributed by atoms with van der Waals surface area (Å²) in [5, 5.41) is 0. The van der Waals surface area contributed by atoms with Crippen LogP contribution in [0.1, 0.15) is 11.1 Å². The van der Waals surface area contributed by atoms with E-state index in [1.165, 1.54) is 11.9 Å². The molecule has 0 spiro atoms. The van der Waals surface area contributed by atoms with Gasteiger partial charge in [0.15, 0.2) is 0 Å². The Bertz CT molecular complexity index is 613. The predicted octanol–water partition coefficient (Wildman–Crippen LogP) is 1.04. The van der Waals surface area contributed by atoms with Gasteiger partial charge >= 0.3 is 0 Å². The Balaban J connectivity index is 2.09. The lowest BCUT2D eigenvalue weighted by Gasteiger charge is -2.29. The molecule has 110 valence electrons. The van der Waals surface area contributed by atoms with Crippen molar-refractivity contribution >= 4 is 17.4 Å². The number of benzene rings is 1. The zero-order valence-corrected chi connectivity index (χ0v) is 12.3. The SMILES string of the molecule is Cc1ccc(C2=C(N3CCOCC3)C(=O)N(C)C2=O)cc1. The lowest BCUT2D eigenvalue weighted by Crippen LogP contribution is -2.39. The predicted molar refractivity (Wildman–Crippen MR) is 78.3 cm³/mol. The van der Waals surface area contributed by atoms with E-state index in [0.717, 1.165) is 11.1 Å². The Hall–Kier alpha value is -2.14. The highest BCUT2D eigenvalue weighted by molar-refractivity contribution is 6.35. The Morgan fingerprint density at radius 2 is 1.62 bits per heavy atom. The molecular formula is C16H18N2O3. The number of aryl methyl sites for hydroxylation is 1. The second kappa shape index (κ2) is 5.33. The lowest BCUT2D eigenvalue weighted by atomic mass is 10.0. The van der Waals surface area contributed by atoms with Gasteiger partial charge in [0.2, 0.25) is 0 Å². The van der Waals surface area contributed by atoms with Crippen LogP contribution in [0.2, 0.25) is 0 Å². The van der Waals surface area contributed by atoms with Crippen molar-refractivity contribution in [2.75, 3.05) is 33.4 Å². The summed E-state index contributed by atoms with van der Waals surface area (Å²) in [6, 6.07) is 7.70. The molecule has 0 atom stereocenters. The molecule has 1 saturated heterocycles. The summed E-state index contributed by atoms with van der Waals surface area (Å²) < 4.78 is 5.33. The van der Waals surface area contributed by atoms with Crippen molar-refractivity contribution in [3.8, 4) is 0 Å². The largest absolute Gasteiger partial charge is 0.378 e. The van der Waals surface area contributed by atoms with Crippen molar-refractivity contribution in [1.29, 1.82) is 0 Å². The molecule has 0 bridgehead atoms. The van der Waals surface area contributed by atoms with Gasteiger partial charge in [-0.25, -0.2) is 0 Å². The smallest absolute Gasteiger partial charge is 0.277 e. The van der Waals surface area contributed by atoms with E-state index in [9.17, 15) is 9.59 Å². The van der Waals surface area contributed by atoms with Crippen LogP contribution in [0, 0.1) is 6.92 Å². The molecule has 1 aromatic rings. The molecule has 5 nitrogen and oxygen atoms in total. The Morgan fingerprint density at radius 1 is 1.00 bits per heavy atom. The molecule has 0 unspecified atom stereocenters. The van der Waals surface area contributed by atoms with Gasteiger partial charge in [-0.2, -0.15) is 0 Å². The molecule has 2 heterocycles. The summed E-state index contributed by atoms with van der Waals surface area (Å²) in [5.74, 6) is -0.456. The average Bonchev–Trinajstić information content (AvgIpc) is 2.73. The number of carbonyl (C=O) groups is 2. The number of imide groups is 1. The van der Waals surface area contributed by atoms with Crippen LogP contribution in [0.5, 0.6) is 0 Å². The van der Waals surface area contributed by atoms with E-state index in [1.54, 1.807) is 0 Å². The first-order chi connectivity index (χ1) is 10.1. The van der Waals surface area contributed by atoms with Crippen molar-refractivity contribution < 1.29 is 14.3 Å². The molecular weight excluding hydrogens is 268 g/mol. The number of hydrogen-bond donors (Lipinski definition) is 0. The Morgan fingerprint density at radius 3 is 2.24 bits per heavy atom. The third kappa shape index (κ3) is 2.34. The van der Waals surface area contributed by atoms with Gasteiger partial charge in [-0.05, 0) is 12.5 Å². The van der Waals surface area contributed by atoms with Crippen molar-refractivity contribution in [3.05, 3.63) is 41.1 Å². The Labute approximate surface area is 123 Å². The van der Waals surface area contributed by atoms with Crippen LogP contribution in [-0.2, 0) is 14.3 Å². The minimum absolute atomic E-state index is 0.225. The molecule has 0 N–H and O–H groups in total. The molecule has 21 heavy (non-hydrogen) atoms. The average molecular weight is 286 g/mol. The zero-order chi connectivity index (χ0) is 15.0. The van der Waals surface area contributed by atoms with Gasteiger partial charge in [0.05, 0.1) is 18.8 Å². The molecule has 2 aliphatic rings. The number of hydrogen-bond acceptors (Lipinski definition) is 4. The molecule has 1 fully saturated rings. The summed E-state index contributed by atoms with van der Waals surface area (Å²) in [4.78, 5) is 28.0. The maximum atomic E-state index is 12.4. The van der Waals surface area contributed by atoms with Gasteiger partial charge < -0.3 is 9.64 Å². The van der Waals surface area contributed by atoms with E-state index in [0.29, 0.717) is 37.6 Å². The quantitative estimate of drug-likeness (QED) is 0.762. The van der Waals surface area contributed by atoms with Crippen LogP contribution in [-0.4, -0.2) is 55.0 Å². The third-order valence-electron chi connectivity index (χ3n) is 3.93. The highest BCUT2D eigenvalue weighted by Gasteiger charge is 2.39. The number of ether oxygens (including phenoxy) is 1. The Kier molecular flexibility index (Phi) is 3.51. The fraction of sp³-hybridized carbons (Fsp3) is 0.375. The first-order valence-corrected chi connectivity index (χ1v) is 7.06. The topological polar surface area (TPSA) is 49.9 Å². The number of rotatable bonds is 2. The number of carbonyl (C=O) groups excluding carboxylic acids is 2. The van der Waals surface area contributed by atoms with Gasteiger partial charge in [-0.15, -0.1) is 0 Å². The maximum Gasteiger partial charge on any atom is 0.277 e. The van der Waals surface area contributed by atoms with Gasteiger partial charge in [0.1, 0.15) is 5.70 Å². The summed E-state index contributed by atoms with van der Waals surface area (Å²) in [6.45, 7) is 4.43. The van der Waals surface area contributed by atoms with Gasteiger partial charge in [0.25, 0.3) is 11.8 Å². The van der Waals surface area contributed by atoms with Crippen LogP contribution < -0.4 is 0 Å². The van der Waals surface area contributed by atoms with Gasteiger partial charge in [-0.1, -0.05) is 29.8 Å². The van der Waals surface area contributed by atoms with Gasteiger partial charge in [0, 0.05) is 20.1 Å². The van der Waals surface area contributed by atoms with Crippen molar-refractivity contribution in [2.24, 2.45) is 0 Å². The number of amides is 2. The fourth-order valence-electron chi connectivity index (χ4n) is 2.69. The first kappa shape index (κ1) is 13.8. The van der Waals surface area contributed by atoms with Crippen LogP contribution >= 0.6 is 0 Å². The first-order valence-electron chi connectivity index (χ1n) is 7.06. The number of nitrogens with zero attached hydrogens (tertiary/aromatic N) is 2. The molecule has 2 amide bonds. The molecule has 0 saturated carbocycles. The maximum absolute atomic E-state index is 12.4. The van der Waals surface area contributed by atoms with Crippen LogP contribution in [0.4, 0.5) is 0 Å². The van der Waals surface area contributed by atoms with Crippen LogP contribution in [0.25, 0.3) is 5.57 Å². The van der Waals surface area contributed by atoms with E-state index in [2.05, 4.69) is 0 Å². The van der Waals surface area contributed by atoms with Gasteiger partial charge in [-0.3, -0.25) is 14.5 Å². The summed E-state index contributed by atoms with van der Waals surface area (Å²) >= 11 is 0. The van der Waals surface area contributed by atoms with Crippen molar-refractivity contribution in [3.63, 3.8) is 0 Å². The highest BCUT2D eigenvalue weighted by Crippen LogP contribution is 2.31. The number of morpholine rings is 1. The monoisotopic (exact) mass is 286 g/mol. The standard InChI is InChI=1S/C16H18N2O3/c1-11-3-5-12(6-4-11)13-14(16(20)17(2)15(13)19)18-7-9-21-10-8-18/h3-6H,7-10H2,1-2H3. The van der Waals surface area contributed by atoms with Crippen molar-refractivity contribution in [1.82, 2.24) is 9.80 Å². The van der Waals surface area contributed by atoms with Crippen molar-refractivity contribution in [2.45, 2.75) is 6.92 Å². The van der Waals surface area contributed by atoms with E-state index in [-0.39, 0.29) is 11.8 Å². The highest BCUT2D eigenvalue weighted by atomic mass is 16.5. The minimum atomic E-state index is -0.231. The van der Waals surface area contributed by atoms with E-state index in [1.807, 2.05) is 36.1 Å². The normalized spacial score (nSPS) is 19.7. The molecule has 0 aliphatic carbocycles. The van der Waals surface area contributed by atoms with E-state index in [4.69, 9.17) is 4.74 Å². The minimum Gasteiger partial charge on any atom is -0.378 e. The summed E-state index contributed by atoms with van der Waals surface area (Å²) in [5.41, 5.74) is 2.93. The number of likely N-dealkylation sites (N-methyl/N-ethyl adjacent to an activating group) is 1. The molecule has 0 aromatic heterocycles. The van der Waals surface area contributed by atoms with E-state index < -0.39 is 0 Å². The third-order valence-corrected chi connectivity index (χ3v) is 3.93. The molecule has 2 aliphatic heterocycles. The molecule has 5 heteroatoms. The van der Waals surface area contributed by atoms with Crippen LogP contribution in [0.15, 0.2) is 30.0 Å². The van der Waals surface area contributed by atoms with Crippen LogP contribution in [0.3, 0.4) is 0 Å². The second-order valence-electron chi connectivity index (χ2n) is 5.36. The zero-order valence-electron chi connectivity index (χ0n) is 12.3. The summed E-state index contributed by atoms with van der Waals surface area (Å²) in [7, 11) is 1.53. The molecule has 3 rings (SSSR count). The van der Waals surface area contributed by atoms with E-state index >= 15 is 0 Å². The molecule has 0 radical (unpaired) electrons. The summed E-state index contributed by atoms with van der Waals surface area (Å²) in [6.07, 6.45) is 0. The fourth-order valence-corrected chi connectivity index (χ4v) is 2.69. The molecule has 1 aromatic carbocycles. The lowest BCUT2D eigenvalue weighted by molar-refractivity contribution is -0.136. The second-order valence-corrected chi connectivity index (χ2v) is 5.36.